The van der Waals surface area contributed by atoms with Gasteiger partial charge in [0.25, 0.3) is 5.91 Å². The van der Waals surface area contributed by atoms with E-state index in [4.69, 9.17) is 4.42 Å². The number of nitrogens with one attached hydrogen (secondary N) is 1. The van der Waals surface area contributed by atoms with E-state index in [2.05, 4.69) is 29.6 Å². The highest BCUT2D eigenvalue weighted by Gasteiger charge is 2.21. The number of benzene rings is 1. The van der Waals surface area contributed by atoms with Crippen molar-refractivity contribution in [3.8, 4) is 0 Å². The number of carbonyl (C=O) groups is 2. The third-order valence-corrected chi connectivity index (χ3v) is 4.72. The summed E-state index contributed by atoms with van der Waals surface area (Å²) in [6, 6.07) is 13.8. The van der Waals surface area contributed by atoms with Gasteiger partial charge in [-0.05, 0) is 42.9 Å². The van der Waals surface area contributed by atoms with Gasteiger partial charge in [0.2, 0.25) is 5.91 Å². The smallest absolute Gasteiger partial charge is 0.286 e. The second kappa shape index (κ2) is 8.51. The van der Waals surface area contributed by atoms with Crippen molar-refractivity contribution in [3.63, 3.8) is 0 Å². The number of likely N-dealkylation sites (tertiary alicyclic amines) is 1. The van der Waals surface area contributed by atoms with E-state index >= 15 is 0 Å². The molecule has 0 radical (unpaired) electrons. The predicted octanol–water partition coefficient (Wildman–Crippen LogP) is 3.20. The first-order valence-corrected chi connectivity index (χ1v) is 8.88. The van der Waals surface area contributed by atoms with Gasteiger partial charge in [0, 0.05) is 26.1 Å². The Kier molecular flexibility index (Phi) is 5.88. The summed E-state index contributed by atoms with van der Waals surface area (Å²) in [5, 5.41) is 2.73. The Morgan fingerprint density at radius 3 is 2.68 bits per heavy atom. The molecule has 0 saturated carbocycles. The SMILES string of the molecule is O=C(NCCC(=O)N1CCC[C@H](c2ccccc2)CC1)c1ccco1. The normalized spacial score (nSPS) is 17.8. The van der Waals surface area contributed by atoms with Gasteiger partial charge in [-0.1, -0.05) is 30.3 Å². The molecule has 25 heavy (non-hydrogen) atoms. The molecule has 5 nitrogen and oxygen atoms in total. The molecular formula is C20H24N2O3. The van der Waals surface area contributed by atoms with E-state index < -0.39 is 0 Å². The lowest BCUT2D eigenvalue weighted by Crippen LogP contribution is -2.35. The molecule has 3 rings (SSSR count). The van der Waals surface area contributed by atoms with Gasteiger partial charge in [0.1, 0.15) is 0 Å². The predicted molar refractivity (Wildman–Crippen MR) is 95.3 cm³/mol. The summed E-state index contributed by atoms with van der Waals surface area (Å²) in [7, 11) is 0. The molecule has 132 valence electrons. The average Bonchev–Trinajstić information content (AvgIpc) is 3.07. The maximum atomic E-state index is 12.4. The number of hydrogen-bond acceptors (Lipinski definition) is 3. The molecule has 0 aliphatic carbocycles. The van der Waals surface area contributed by atoms with Crippen molar-refractivity contribution in [2.24, 2.45) is 0 Å². The van der Waals surface area contributed by atoms with Crippen LogP contribution in [0.25, 0.3) is 0 Å². The quantitative estimate of drug-likeness (QED) is 0.909. The van der Waals surface area contributed by atoms with Gasteiger partial charge >= 0.3 is 0 Å². The molecule has 1 aliphatic rings. The first kappa shape index (κ1) is 17.3. The van der Waals surface area contributed by atoms with Gasteiger partial charge in [-0.15, -0.1) is 0 Å². The van der Waals surface area contributed by atoms with Crippen molar-refractivity contribution in [2.75, 3.05) is 19.6 Å². The van der Waals surface area contributed by atoms with Crippen LogP contribution in [-0.4, -0.2) is 36.3 Å². The Morgan fingerprint density at radius 2 is 1.92 bits per heavy atom. The fourth-order valence-corrected chi connectivity index (χ4v) is 3.34. The van der Waals surface area contributed by atoms with Crippen molar-refractivity contribution < 1.29 is 14.0 Å². The molecule has 1 N–H and O–H groups in total. The van der Waals surface area contributed by atoms with Crippen LogP contribution in [0.2, 0.25) is 0 Å². The van der Waals surface area contributed by atoms with Crippen LogP contribution in [0.5, 0.6) is 0 Å². The van der Waals surface area contributed by atoms with Gasteiger partial charge in [-0.2, -0.15) is 0 Å². The third-order valence-electron chi connectivity index (χ3n) is 4.72. The van der Waals surface area contributed by atoms with Crippen LogP contribution < -0.4 is 5.32 Å². The number of furan rings is 1. The summed E-state index contributed by atoms with van der Waals surface area (Å²) >= 11 is 0. The van der Waals surface area contributed by atoms with Crippen LogP contribution in [0.1, 0.15) is 47.7 Å². The fraction of sp³-hybridized carbons (Fsp3) is 0.400. The lowest BCUT2D eigenvalue weighted by atomic mass is 9.92. The summed E-state index contributed by atoms with van der Waals surface area (Å²) in [5.41, 5.74) is 1.36. The van der Waals surface area contributed by atoms with E-state index in [0.717, 1.165) is 32.4 Å². The van der Waals surface area contributed by atoms with Gasteiger partial charge in [-0.3, -0.25) is 9.59 Å². The lowest BCUT2D eigenvalue weighted by molar-refractivity contribution is -0.131. The number of nitrogens with zero attached hydrogens (tertiary/aromatic N) is 1. The Labute approximate surface area is 148 Å². The summed E-state index contributed by atoms with van der Waals surface area (Å²) in [6.07, 6.45) is 4.91. The monoisotopic (exact) mass is 340 g/mol. The number of amides is 2. The van der Waals surface area contributed by atoms with E-state index in [1.54, 1.807) is 12.1 Å². The van der Waals surface area contributed by atoms with Crippen LogP contribution in [0.4, 0.5) is 0 Å². The highest BCUT2D eigenvalue weighted by molar-refractivity contribution is 5.91. The molecule has 2 heterocycles. The third kappa shape index (κ3) is 4.72. The molecule has 2 aromatic rings. The molecule has 1 atom stereocenters. The molecular weight excluding hydrogens is 316 g/mol. The molecule has 1 aromatic heterocycles. The average molecular weight is 340 g/mol. The zero-order chi connectivity index (χ0) is 17.5. The molecule has 5 heteroatoms. The van der Waals surface area contributed by atoms with Crippen LogP contribution in [0.15, 0.2) is 53.1 Å². The topological polar surface area (TPSA) is 62.6 Å². The Hall–Kier alpha value is -2.56. The summed E-state index contributed by atoms with van der Waals surface area (Å²) in [5.74, 6) is 0.622. The van der Waals surface area contributed by atoms with Gasteiger partial charge in [-0.25, -0.2) is 0 Å². The first-order chi connectivity index (χ1) is 12.2. The summed E-state index contributed by atoms with van der Waals surface area (Å²) in [6.45, 7) is 1.91. The second-order valence-corrected chi connectivity index (χ2v) is 6.40. The van der Waals surface area contributed by atoms with Crippen molar-refractivity contribution in [1.29, 1.82) is 0 Å². The van der Waals surface area contributed by atoms with E-state index in [0.29, 0.717) is 18.9 Å². The molecule has 2 amide bonds. The minimum Gasteiger partial charge on any atom is -0.459 e. The van der Waals surface area contributed by atoms with Crippen molar-refractivity contribution in [3.05, 3.63) is 60.1 Å². The van der Waals surface area contributed by atoms with Crippen molar-refractivity contribution >= 4 is 11.8 Å². The molecule has 1 aromatic carbocycles. The van der Waals surface area contributed by atoms with Crippen molar-refractivity contribution in [1.82, 2.24) is 10.2 Å². The second-order valence-electron chi connectivity index (χ2n) is 6.40. The lowest BCUT2D eigenvalue weighted by Gasteiger charge is -2.21. The molecule has 0 unspecified atom stereocenters. The van der Waals surface area contributed by atoms with Gasteiger partial charge < -0.3 is 14.6 Å². The summed E-state index contributed by atoms with van der Waals surface area (Å²) in [4.78, 5) is 26.1. The zero-order valence-corrected chi connectivity index (χ0v) is 14.3. The highest BCUT2D eigenvalue weighted by atomic mass is 16.3. The van der Waals surface area contributed by atoms with Crippen LogP contribution in [0.3, 0.4) is 0 Å². The van der Waals surface area contributed by atoms with Crippen LogP contribution >= 0.6 is 0 Å². The minimum absolute atomic E-state index is 0.105. The summed E-state index contributed by atoms with van der Waals surface area (Å²) < 4.78 is 5.03. The number of rotatable bonds is 5. The standard InChI is InChI=1S/C20H24N2O3/c23-19(10-12-21-20(24)18-9-5-15-25-18)22-13-4-8-17(11-14-22)16-6-2-1-3-7-16/h1-3,5-7,9,15,17H,4,8,10-14H2,(H,21,24)/t17-/m0/s1. The molecule has 0 spiro atoms. The van der Waals surface area contributed by atoms with Gasteiger partial charge in [0.15, 0.2) is 5.76 Å². The van der Waals surface area contributed by atoms with Gasteiger partial charge in [0.05, 0.1) is 6.26 Å². The first-order valence-electron chi connectivity index (χ1n) is 8.88. The van der Waals surface area contributed by atoms with Crippen molar-refractivity contribution in [2.45, 2.75) is 31.6 Å². The molecule has 0 bridgehead atoms. The Bertz CT molecular complexity index is 682. The number of carbonyl (C=O) groups excluding carboxylic acids is 2. The van der Waals surface area contributed by atoms with E-state index in [1.165, 1.54) is 11.8 Å². The molecule has 1 saturated heterocycles. The maximum Gasteiger partial charge on any atom is 0.286 e. The van der Waals surface area contributed by atoms with E-state index in [-0.39, 0.29) is 17.6 Å². The van der Waals surface area contributed by atoms with Crippen LogP contribution in [0, 0.1) is 0 Å². The minimum atomic E-state index is -0.280. The zero-order valence-electron chi connectivity index (χ0n) is 14.3. The van der Waals surface area contributed by atoms with Crippen LogP contribution in [-0.2, 0) is 4.79 Å². The van der Waals surface area contributed by atoms with E-state index in [1.807, 2.05) is 11.0 Å². The maximum absolute atomic E-state index is 12.4. The fourth-order valence-electron chi connectivity index (χ4n) is 3.34. The Balaban J connectivity index is 1.44. The largest absolute Gasteiger partial charge is 0.459 e. The highest BCUT2D eigenvalue weighted by Crippen LogP contribution is 2.27. The number of hydrogen-bond donors (Lipinski definition) is 1. The molecule has 1 fully saturated rings. The van der Waals surface area contributed by atoms with E-state index in [9.17, 15) is 9.59 Å². The molecule has 1 aliphatic heterocycles. The Morgan fingerprint density at radius 1 is 1.08 bits per heavy atom.